The summed E-state index contributed by atoms with van der Waals surface area (Å²) in [5, 5.41) is 9.55. The standard InChI is InChI=1S/C25H26FN3O5/c26-19-10-17-20(29(16-4-5-16)13-18(23(17)30)25(31)32)11-21(19)28-8-6-27(7-9-28)12-15-2-1-3-22-24(15)34-14-33-22/h2,10-11,13,16H,1,3-9,12,14H2,(H,31,32). The highest BCUT2D eigenvalue weighted by Crippen LogP contribution is 2.38. The first-order valence-corrected chi connectivity index (χ1v) is 11.8. The molecular formula is C25H26FN3O5. The van der Waals surface area contributed by atoms with Crippen molar-refractivity contribution in [1.29, 1.82) is 0 Å². The molecule has 34 heavy (non-hydrogen) atoms. The van der Waals surface area contributed by atoms with E-state index in [2.05, 4.69) is 11.0 Å². The molecule has 2 aliphatic heterocycles. The first kappa shape index (κ1) is 21.2. The van der Waals surface area contributed by atoms with Crippen molar-refractivity contribution >= 4 is 22.6 Å². The van der Waals surface area contributed by atoms with Crippen molar-refractivity contribution in [2.75, 3.05) is 44.4 Å². The number of pyridine rings is 1. The zero-order valence-electron chi connectivity index (χ0n) is 18.8. The van der Waals surface area contributed by atoms with Crippen LogP contribution in [-0.4, -0.2) is 60.1 Å². The number of anilines is 1. The molecule has 2 aliphatic carbocycles. The van der Waals surface area contributed by atoms with Crippen LogP contribution in [0.2, 0.25) is 0 Å². The molecule has 1 aromatic heterocycles. The first-order valence-electron chi connectivity index (χ1n) is 11.8. The minimum atomic E-state index is -1.28. The van der Waals surface area contributed by atoms with Crippen LogP contribution in [0.1, 0.15) is 42.1 Å². The minimum absolute atomic E-state index is 0.124. The van der Waals surface area contributed by atoms with Crippen molar-refractivity contribution < 1.29 is 23.8 Å². The third-order valence-electron chi connectivity index (χ3n) is 7.12. The van der Waals surface area contributed by atoms with Gasteiger partial charge in [0, 0.05) is 62.3 Å². The Bertz CT molecular complexity index is 1300. The predicted molar refractivity (Wildman–Crippen MR) is 123 cm³/mol. The quantitative estimate of drug-likeness (QED) is 0.723. The van der Waals surface area contributed by atoms with Gasteiger partial charge in [0.15, 0.2) is 5.76 Å². The number of rotatable bonds is 5. The van der Waals surface area contributed by atoms with E-state index in [0.29, 0.717) is 24.3 Å². The Kier molecular flexibility index (Phi) is 5.09. The summed E-state index contributed by atoms with van der Waals surface area (Å²) in [6.45, 7) is 3.91. The highest BCUT2D eigenvalue weighted by atomic mass is 19.1. The number of piperazine rings is 1. The van der Waals surface area contributed by atoms with Crippen LogP contribution >= 0.6 is 0 Å². The number of carboxylic acid groups (broad SMARTS) is 1. The molecule has 1 aromatic carbocycles. The van der Waals surface area contributed by atoms with Crippen molar-refractivity contribution in [2.45, 2.75) is 31.7 Å². The molecule has 3 heterocycles. The molecule has 1 saturated heterocycles. The van der Waals surface area contributed by atoms with Gasteiger partial charge in [-0.25, -0.2) is 9.18 Å². The molecule has 2 fully saturated rings. The molecule has 1 saturated carbocycles. The SMILES string of the molecule is O=C(O)c1cn(C2CC2)c2cc(N3CCN(CC4=CCCC5=C4OCO5)CC3)c(F)cc2c1=O. The summed E-state index contributed by atoms with van der Waals surface area (Å²) >= 11 is 0. The van der Waals surface area contributed by atoms with Crippen molar-refractivity contribution in [3.05, 3.63) is 63.1 Å². The number of carbonyl (C=O) groups is 1. The summed E-state index contributed by atoms with van der Waals surface area (Å²) in [7, 11) is 0. The van der Waals surface area contributed by atoms with Gasteiger partial charge in [-0.1, -0.05) is 6.08 Å². The van der Waals surface area contributed by atoms with Crippen LogP contribution in [0.25, 0.3) is 10.9 Å². The lowest BCUT2D eigenvalue weighted by Crippen LogP contribution is -2.47. The normalized spacial score (nSPS) is 20.7. The van der Waals surface area contributed by atoms with E-state index in [1.165, 1.54) is 12.3 Å². The second kappa shape index (κ2) is 8.16. The van der Waals surface area contributed by atoms with E-state index < -0.39 is 17.2 Å². The number of hydrogen-bond acceptors (Lipinski definition) is 6. The van der Waals surface area contributed by atoms with Crippen LogP contribution in [0, 0.1) is 5.82 Å². The molecule has 1 N–H and O–H groups in total. The van der Waals surface area contributed by atoms with Crippen molar-refractivity contribution in [3.8, 4) is 0 Å². The molecule has 0 unspecified atom stereocenters. The fraction of sp³-hybridized carbons (Fsp3) is 0.440. The largest absolute Gasteiger partial charge is 0.477 e. The lowest BCUT2D eigenvalue weighted by Gasteiger charge is -2.37. The van der Waals surface area contributed by atoms with Crippen LogP contribution in [0.5, 0.6) is 0 Å². The number of aromatic carboxylic acids is 1. The lowest BCUT2D eigenvalue weighted by molar-refractivity contribution is 0.0693. The van der Waals surface area contributed by atoms with Crippen LogP contribution < -0.4 is 10.3 Å². The Morgan fingerprint density at radius 2 is 1.94 bits per heavy atom. The Balaban J connectivity index is 1.24. The number of carboxylic acids is 1. The monoisotopic (exact) mass is 467 g/mol. The smallest absolute Gasteiger partial charge is 0.341 e. The number of aromatic nitrogens is 1. The number of nitrogens with zero attached hydrogens (tertiary/aromatic N) is 3. The summed E-state index contributed by atoms with van der Waals surface area (Å²) in [5.74, 6) is 0.0480. The van der Waals surface area contributed by atoms with Crippen molar-refractivity contribution in [1.82, 2.24) is 9.47 Å². The Labute approximate surface area is 195 Å². The Morgan fingerprint density at radius 3 is 2.68 bits per heavy atom. The Morgan fingerprint density at radius 1 is 1.15 bits per heavy atom. The second-order valence-corrected chi connectivity index (χ2v) is 9.33. The molecule has 0 radical (unpaired) electrons. The molecule has 0 amide bonds. The number of fused-ring (bicyclic) bond motifs is 1. The summed E-state index contributed by atoms with van der Waals surface area (Å²) in [6, 6.07) is 3.08. The van der Waals surface area contributed by atoms with Crippen LogP contribution in [0.4, 0.5) is 10.1 Å². The molecule has 2 aromatic rings. The van der Waals surface area contributed by atoms with Crippen molar-refractivity contribution in [3.63, 3.8) is 0 Å². The maximum Gasteiger partial charge on any atom is 0.341 e. The fourth-order valence-corrected chi connectivity index (χ4v) is 5.17. The summed E-state index contributed by atoms with van der Waals surface area (Å²) in [4.78, 5) is 28.6. The Hall–Kier alpha value is -3.33. The van der Waals surface area contributed by atoms with Gasteiger partial charge >= 0.3 is 5.97 Å². The number of allylic oxidation sites excluding steroid dienone is 2. The van der Waals surface area contributed by atoms with E-state index in [4.69, 9.17) is 9.47 Å². The zero-order chi connectivity index (χ0) is 23.4. The average molecular weight is 467 g/mol. The summed E-state index contributed by atoms with van der Waals surface area (Å²) in [6.07, 6.45) is 7.31. The molecule has 0 bridgehead atoms. The van der Waals surface area contributed by atoms with Gasteiger partial charge < -0.3 is 24.0 Å². The van der Waals surface area contributed by atoms with Crippen molar-refractivity contribution in [2.24, 2.45) is 0 Å². The van der Waals surface area contributed by atoms with Gasteiger partial charge in [-0.2, -0.15) is 0 Å². The molecular weight excluding hydrogens is 441 g/mol. The minimum Gasteiger partial charge on any atom is -0.477 e. The molecule has 0 spiro atoms. The van der Waals surface area contributed by atoms with Crippen LogP contribution in [0.3, 0.4) is 0 Å². The highest BCUT2D eigenvalue weighted by molar-refractivity contribution is 5.93. The summed E-state index contributed by atoms with van der Waals surface area (Å²) in [5.41, 5.74) is 1.26. The molecule has 178 valence electrons. The van der Waals surface area contributed by atoms with E-state index in [0.717, 1.165) is 62.4 Å². The van der Waals surface area contributed by atoms with Crippen LogP contribution in [0.15, 0.2) is 46.3 Å². The van der Waals surface area contributed by atoms with Gasteiger partial charge in [-0.15, -0.1) is 0 Å². The predicted octanol–water partition coefficient (Wildman–Crippen LogP) is 3.23. The number of ether oxygens (including phenoxy) is 2. The summed E-state index contributed by atoms with van der Waals surface area (Å²) < 4.78 is 28.2. The van der Waals surface area contributed by atoms with E-state index in [1.807, 2.05) is 9.47 Å². The molecule has 4 aliphatic rings. The van der Waals surface area contributed by atoms with E-state index >= 15 is 4.39 Å². The third-order valence-corrected chi connectivity index (χ3v) is 7.12. The maximum atomic E-state index is 15.2. The van der Waals surface area contributed by atoms with Gasteiger partial charge in [0.2, 0.25) is 12.2 Å². The van der Waals surface area contributed by atoms with Gasteiger partial charge in [-0.05, 0) is 31.4 Å². The number of benzene rings is 1. The second-order valence-electron chi connectivity index (χ2n) is 9.33. The maximum absolute atomic E-state index is 15.2. The van der Waals surface area contributed by atoms with Gasteiger partial charge in [0.05, 0.1) is 11.2 Å². The highest BCUT2D eigenvalue weighted by Gasteiger charge is 2.30. The number of hydrogen-bond donors (Lipinski definition) is 1. The van der Waals surface area contributed by atoms with Gasteiger partial charge in [0.1, 0.15) is 17.1 Å². The van der Waals surface area contributed by atoms with Gasteiger partial charge in [0.25, 0.3) is 0 Å². The lowest BCUT2D eigenvalue weighted by atomic mass is 10.0. The zero-order valence-corrected chi connectivity index (χ0v) is 18.8. The molecule has 9 heteroatoms. The molecule has 8 nitrogen and oxygen atoms in total. The van der Waals surface area contributed by atoms with E-state index in [1.54, 1.807) is 6.07 Å². The van der Waals surface area contributed by atoms with Crippen LogP contribution in [-0.2, 0) is 9.47 Å². The molecule has 0 atom stereocenters. The average Bonchev–Trinajstić information content (AvgIpc) is 3.55. The third kappa shape index (κ3) is 3.64. The number of halogens is 1. The van der Waals surface area contributed by atoms with Gasteiger partial charge in [-0.3, -0.25) is 9.69 Å². The van der Waals surface area contributed by atoms with E-state index in [9.17, 15) is 14.7 Å². The fourth-order valence-electron chi connectivity index (χ4n) is 5.17. The van der Waals surface area contributed by atoms with E-state index in [-0.39, 0.29) is 23.8 Å². The topological polar surface area (TPSA) is 84.2 Å². The molecule has 6 rings (SSSR count). The first-order chi connectivity index (χ1) is 16.5.